The Morgan fingerprint density at radius 2 is 2.05 bits per heavy atom. The molecule has 0 saturated carbocycles. The molecule has 5 nitrogen and oxygen atoms in total. The molecule has 1 aromatic carbocycles. The highest BCUT2D eigenvalue weighted by molar-refractivity contribution is 5.59. The SMILES string of the molecule is CCCC(N)c1cc([N+](=O)[O-])ccc1N1CCCCC1. The molecule has 1 heterocycles. The summed E-state index contributed by atoms with van der Waals surface area (Å²) in [5.74, 6) is 0. The topological polar surface area (TPSA) is 72.4 Å². The second-order valence-corrected chi connectivity index (χ2v) is 5.44. The van der Waals surface area contributed by atoms with Crippen LogP contribution in [0.4, 0.5) is 11.4 Å². The number of nitrogens with zero attached hydrogens (tertiary/aromatic N) is 2. The maximum atomic E-state index is 11.0. The van der Waals surface area contributed by atoms with Crippen LogP contribution in [0.1, 0.15) is 50.6 Å². The van der Waals surface area contributed by atoms with Crippen molar-refractivity contribution in [1.82, 2.24) is 0 Å². The first-order valence-electron chi connectivity index (χ1n) is 7.42. The number of nitrogens with two attached hydrogens (primary N) is 1. The van der Waals surface area contributed by atoms with Gasteiger partial charge in [0.05, 0.1) is 4.92 Å². The van der Waals surface area contributed by atoms with E-state index in [4.69, 9.17) is 5.73 Å². The largest absolute Gasteiger partial charge is 0.371 e. The van der Waals surface area contributed by atoms with Crippen molar-refractivity contribution in [2.45, 2.75) is 45.1 Å². The molecule has 2 N–H and O–H groups in total. The van der Waals surface area contributed by atoms with Crippen molar-refractivity contribution < 1.29 is 4.92 Å². The van der Waals surface area contributed by atoms with Crippen LogP contribution in [0.5, 0.6) is 0 Å². The Morgan fingerprint density at radius 1 is 1.35 bits per heavy atom. The van der Waals surface area contributed by atoms with Gasteiger partial charge in [-0.3, -0.25) is 10.1 Å². The average molecular weight is 277 g/mol. The summed E-state index contributed by atoms with van der Waals surface area (Å²) in [5.41, 5.74) is 8.36. The van der Waals surface area contributed by atoms with Gasteiger partial charge in [0.1, 0.15) is 0 Å². The van der Waals surface area contributed by atoms with Crippen LogP contribution in [0, 0.1) is 10.1 Å². The molecule has 5 heteroatoms. The minimum Gasteiger partial charge on any atom is -0.371 e. The van der Waals surface area contributed by atoms with Gasteiger partial charge >= 0.3 is 0 Å². The van der Waals surface area contributed by atoms with Crippen molar-refractivity contribution in [2.24, 2.45) is 5.73 Å². The number of nitro groups is 1. The fourth-order valence-electron chi connectivity index (χ4n) is 2.84. The van der Waals surface area contributed by atoms with Gasteiger partial charge in [-0.25, -0.2) is 0 Å². The molecule has 2 rings (SSSR count). The second kappa shape index (κ2) is 6.70. The predicted octanol–water partition coefficient (Wildman–Crippen LogP) is 3.39. The van der Waals surface area contributed by atoms with Gasteiger partial charge in [0.15, 0.2) is 0 Å². The lowest BCUT2D eigenvalue weighted by Crippen LogP contribution is -2.31. The van der Waals surface area contributed by atoms with Gasteiger partial charge in [0, 0.05) is 37.0 Å². The third kappa shape index (κ3) is 3.28. The van der Waals surface area contributed by atoms with Crippen LogP contribution in [0.3, 0.4) is 0 Å². The van der Waals surface area contributed by atoms with Gasteiger partial charge in [-0.2, -0.15) is 0 Å². The van der Waals surface area contributed by atoms with E-state index in [0.717, 1.165) is 37.2 Å². The second-order valence-electron chi connectivity index (χ2n) is 5.44. The summed E-state index contributed by atoms with van der Waals surface area (Å²) in [7, 11) is 0. The molecule has 0 bridgehead atoms. The van der Waals surface area contributed by atoms with E-state index in [1.165, 1.54) is 19.3 Å². The van der Waals surface area contributed by atoms with Crippen LogP contribution in [0.15, 0.2) is 18.2 Å². The molecule has 110 valence electrons. The Hall–Kier alpha value is -1.62. The molecule has 1 aliphatic heterocycles. The van der Waals surface area contributed by atoms with E-state index in [0.29, 0.717) is 0 Å². The molecule has 0 aliphatic carbocycles. The first-order valence-corrected chi connectivity index (χ1v) is 7.42. The first-order chi connectivity index (χ1) is 9.63. The van der Waals surface area contributed by atoms with E-state index < -0.39 is 0 Å². The Kier molecular flexibility index (Phi) is 4.95. The van der Waals surface area contributed by atoms with Crippen LogP contribution >= 0.6 is 0 Å². The van der Waals surface area contributed by atoms with Gasteiger partial charge in [0.25, 0.3) is 5.69 Å². The lowest BCUT2D eigenvalue weighted by Gasteiger charge is -2.31. The summed E-state index contributed by atoms with van der Waals surface area (Å²) in [4.78, 5) is 12.9. The van der Waals surface area contributed by atoms with E-state index in [2.05, 4.69) is 11.8 Å². The van der Waals surface area contributed by atoms with Crippen LogP contribution < -0.4 is 10.6 Å². The maximum absolute atomic E-state index is 11.0. The van der Waals surface area contributed by atoms with Crippen LogP contribution in [0.25, 0.3) is 0 Å². The van der Waals surface area contributed by atoms with E-state index in [-0.39, 0.29) is 16.7 Å². The summed E-state index contributed by atoms with van der Waals surface area (Å²) in [6, 6.07) is 4.99. The molecule has 0 radical (unpaired) electrons. The van der Waals surface area contributed by atoms with Crippen molar-refractivity contribution in [2.75, 3.05) is 18.0 Å². The number of anilines is 1. The quantitative estimate of drug-likeness (QED) is 0.661. The third-order valence-electron chi connectivity index (χ3n) is 3.92. The van der Waals surface area contributed by atoms with Crippen molar-refractivity contribution in [1.29, 1.82) is 0 Å². The van der Waals surface area contributed by atoms with Crippen molar-refractivity contribution >= 4 is 11.4 Å². The normalized spacial score (nSPS) is 17.0. The average Bonchev–Trinajstić information content (AvgIpc) is 2.47. The number of benzene rings is 1. The molecule has 0 amide bonds. The predicted molar refractivity (Wildman–Crippen MR) is 81.0 cm³/mol. The highest BCUT2D eigenvalue weighted by Gasteiger charge is 2.20. The fourth-order valence-corrected chi connectivity index (χ4v) is 2.84. The van der Waals surface area contributed by atoms with Crippen molar-refractivity contribution in [3.8, 4) is 0 Å². The van der Waals surface area contributed by atoms with Gasteiger partial charge in [-0.05, 0) is 37.3 Å². The lowest BCUT2D eigenvalue weighted by molar-refractivity contribution is -0.384. The number of rotatable bonds is 5. The Bertz CT molecular complexity index is 470. The van der Waals surface area contributed by atoms with Crippen LogP contribution in [-0.4, -0.2) is 18.0 Å². The van der Waals surface area contributed by atoms with Gasteiger partial charge in [-0.15, -0.1) is 0 Å². The molecule has 20 heavy (non-hydrogen) atoms. The number of nitro benzene ring substituents is 1. The molecule has 1 saturated heterocycles. The summed E-state index contributed by atoms with van der Waals surface area (Å²) in [6.45, 7) is 4.12. The Balaban J connectivity index is 2.35. The van der Waals surface area contributed by atoms with Crippen LogP contribution in [0.2, 0.25) is 0 Å². The number of non-ortho nitro benzene ring substituents is 1. The number of hydrogen-bond acceptors (Lipinski definition) is 4. The van der Waals surface area contributed by atoms with Crippen LogP contribution in [-0.2, 0) is 0 Å². The van der Waals surface area contributed by atoms with E-state index in [1.54, 1.807) is 12.1 Å². The highest BCUT2D eigenvalue weighted by Crippen LogP contribution is 2.32. The van der Waals surface area contributed by atoms with E-state index in [9.17, 15) is 10.1 Å². The van der Waals surface area contributed by atoms with Crippen molar-refractivity contribution in [3.63, 3.8) is 0 Å². The summed E-state index contributed by atoms with van der Waals surface area (Å²) >= 11 is 0. The van der Waals surface area contributed by atoms with Gasteiger partial charge < -0.3 is 10.6 Å². The number of piperidine rings is 1. The molecule has 1 aliphatic rings. The van der Waals surface area contributed by atoms with E-state index in [1.807, 2.05) is 6.07 Å². The van der Waals surface area contributed by atoms with Crippen molar-refractivity contribution in [3.05, 3.63) is 33.9 Å². The van der Waals surface area contributed by atoms with Gasteiger partial charge in [-0.1, -0.05) is 13.3 Å². The zero-order chi connectivity index (χ0) is 14.5. The molecule has 0 spiro atoms. The molecule has 1 atom stereocenters. The Labute approximate surface area is 119 Å². The standard InChI is InChI=1S/C15H23N3O2/c1-2-6-14(16)13-11-12(18(19)20)7-8-15(13)17-9-4-3-5-10-17/h7-8,11,14H,2-6,9-10,16H2,1H3. The lowest BCUT2D eigenvalue weighted by atomic mass is 9.98. The smallest absolute Gasteiger partial charge is 0.269 e. The molecule has 1 unspecified atom stereocenters. The summed E-state index contributed by atoms with van der Waals surface area (Å²) in [5, 5.41) is 11.0. The minimum atomic E-state index is -0.345. The molecular formula is C15H23N3O2. The molecule has 1 fully saturated rings. The maximum Gasteiger partial charge on any atom is 0.269 e. The number of hydrogen-bond donors (Lipinski definition) is 1. The summed E-state index contributed by atoms with van der Waals surface area (Å²) in [6.07, 6.45) is 5.45. The fraction of sp³-hybridized carbons (Fsp3) is 0.600. The highest BCUT2D eigenvalue weighted by atomic mass is 16.6. The zero-order valence-electron chi connectivity index (χ0n) is 12.0. The molecule has 0 aromatic heterocycles. The first kappa shape index (κ1) is 14.8. The third-order valence-corrected chi connectivity index (χ3v) is 3.92. The Morgan fingerprint density at radius 3 is 2.65 bits per heavy atom. The monoisotopic (exact) mass is 277 g/mol. The zero-order valence-corrected chi connectivity index (χ0v) is 12.0. The minimum absolute atomic E-state index is 0.128. The van der Waals surface area contributed by atoms with Gasteiger partial charge in [0.2, 0.25) is 0 Å². The van der Waals surface area contributed by atoms with E-state index >= 15 is 0 Å². The molecular weight excluding hydrogens is 254 g/mol. The molecule has 1 aromatic rings. The summed E-state index contributed by atoms with van der Waals surface area (Å²) < 4.78 is 0.